The molecule has 3 heteroatoms. The summed E-state index contributed by atoms with van der Waals surface area (Å²) < 4.78 is 0. The molecule has 2 heterocycles. The fourth-order valence-electron chi connectivity index (χ4n) is 2.21. The van der Waals surface area contributed by atoms with E-state index in [9.17, 15) is 0 Å². The first kappa shape index (κ1) is 12.3. The van der Waals surface area contributed by atoms with Gasteiger partial charge in [0, 0.05) is 35.7 Å². The third-order valence-electron chi connectivity index (χ3n) is 3.19. The van der Waals surface area contributed by atoms with Gasteiger partial charge in [-0.05, 0) is 28.8 Å². The van der Waals surface area contributed by atoms with E-state index in [1.54, 1.807) is 0 Å². The SMILES string of the molecule is c1csc(CCNCc2cncc3ccccc23)c1. The lowest BCUT2D eigenvalue weighted by atomic mass is 10.1. The monoisotopic (exact) mass is 268 g/mol. The molecule has 3 aromatic rings. The average molecular weight is 268 g/mol. The minimum Gasteiger partial charge on any atom is -0.312 e. The fraction of sp³-hybridized carbons (Fsp3) is 0.188. The van der Waals surface area contributed by atoms with E-state index in [0.717, 1.165) is 19.5 Å². The number of benzene rings is 1. The van der Waals surface area contributed by atoms with Crippen molar-refractivity contribution in [1.29, 1.82) is 0 Å². The van der Waals surface area contributed by atoms with Crippen molar-refractivity contribution in [1.82, 2.24) is 10.3 Å². The van der Waals surface area contributed by atoms with Crippen LogP contribution in [0.5, 0.6) is 0 Å². The summed E-state index contributed by atoms with van der Waals surface area (Å²) in [6, 6.07) is 12.7. The van der Waals surface area contributed by atoms with Crippen LogP contribution in [0.4, 0.5) is 0 Å². The van der Waals surface area contributed by atoms with Crippen LogP contribution in [0.25, 0.3) is 10.8 Å². The summed E-state index contributed by atoms with van der Waals surface area (Å²) in [6.07, 6.45) is 4.97. The van der Waals surface area contributed by atoms with Crippen LogP contribution in [-0.4, -0.2) is 11.5 Å². The average Bonchev–Trinajstić information content (AvgIpc) is 2.97. The van der Waals surface area contributed by atoms with Crippen LogP contribution < -0.4 is 5.32 Å². The van der Waals surface area contributed by atoms with Gasteiger partial charge in [0.25, 0.3) is 0 Å². The summed E-state index contributed by atoms with van der Waals surface area (Å²) >= 11 is 1.82. The Hall–Kier alpha value is -1.71. The van der Waals surface area contributed by atoms with Gasteiger partial charge in [-0.15, -0.1) is 11.3 Å². The standard InChI is InChI=1S/C16H16N2S/c1-2-6-16-13(4-1)10-18-12-14(16)11-17-8-7-15-5-3-9-19-15/h1-6,9-10,12,17H,7-8,11H2. The number of aromatic nitrogens is 1. The molecular weight excluding hydrogens is 252 g/mol. The molecule has 1 N–H and O–H groups in total. The van der Waals surface area contributed by atoms with Crippen molar-refractivity contribution in [2.75, 3.05) is 6.54 Å². The Balaban J connectivity index is 1.62. The third-order valence-corrected chi connectivity index (χ3v) is 4.13. The van der Waals surface area contributed by atoms with Crippen molar-refractivity contribution in [3.8, 4) is 0 Å². The third kappa shape index (κ3) is 3.00. The number of pyridine rings is 1. The fourth-order valence-corrected chi connectivity index (χ4v) is 2.92. The number of hydrogen-bond acceptors (Lipinski definition) is 3. The molecule has 2 aromatic heterocycles. The van der Waals surface area contributed by atoms with Crippen LogP contribution in [0.3, 0.4) is 0 Å². The maximum absolute atomic E-state index is 4.30. The number of nitrogens with zero attached hydrogens (tertiary/aromatic N) is 1. The van der Waals surface area contributed by atoms with Crippen LogP contribution >= 0.6 is 11.3 Å². The summed E-state index contributed by atoms with van der Waals surface area (Å²) in [5.41, 5.74) is 1.27. The molecule has 0 saturated carbocycles. The van der Waals surface area contributed by atoms with E-state index in [2.05, 4.69) is 52.1 Å². The molecule has 3 rings (SSSR count). The lowest BCUT2D eigenvalue weighted by Gasteiger charge is -2.07. The summed E-state index contributed by atoms with van der Waals surface area (Å²) in [6.45, 7) is 1.88. The van der Waals surface area contributed by atoms with Gasteiger partial charge in [0.05, 0.1) is 0 Å². The predicted octanol–water partition coefficient (Wildman–Crippen LogP) is 3.63. The van der Waals surface area contributed by atoms with Crippen LogP contribution in [0, 0.1) is 0 Å². The molecule has 96 valence electrons. The minimum atomic E-state index is 0.875. The topological polar surface area (TPSA) is 24.9 Å². The van der Waals surface area contributed by atoms with Gasteiger partial charge in [0.2, 0.25) is 0 Å². The van der Waals surface area contributed by atoms with E-state index in [-0.39, 0.29) is 0 Å². The minimum absolute atomic E-state index is 0.875. The summed E-state index contributed by atoms with van der Waals surface area (Å²) in [5, 5.41) is 8.13. The number of thiophene rings is 1. The van der Waals surface area contributed by atoms with Crippen molar-refractivity contribution < 1.29 is 0 Å². The Kier molecular flexibility index (Phi) is 3.86. The van der Waals surface area contributed by atoms with Crippen LogP contribution in [-0.2, 0) is 13.0 Å². The van der Waals surface area contributed by atoms with Gasteiger partial charge in [0.1, 0.15) is 0 Å². The number of rotatable bonds is 5. The molecule has 0 unspecified atom stereocenters. The second kappa shape index (κ2) is 5.95. The quantitative estimate of drug-likeness (QED) is 0.715. The smallest absolute Gasteiger partial charge is 0.0346 e. The molecular formula is C16H16N2S. The van der Waals surface area contributed by atoms with Gasteiger partial charge in [-0.1, -0.05) is 30.3 Å². The Labute approximate surface area is 117 Å². The molecule has 0 radical (unpaired) electrons. The Morgan fingerprint density at radius 3 is 2.89 bits per heavy atom. The van der Waals surface area contributed by atoms with Gasteiger partial charge in [-0.3, -0.25) is 4.98 Å². The van der Waals surface area contributed by atoms with Crippen molar-refractivity contribution in [2.45, 2.75) is 13.0 Å². The maximum atomic E-state index is 4.30. The molecule has 0 amide bonds. The van der Waals surface area contributed by atoms with Crippen LogP contribution in [0.2, 0.25) is 0 Å². The zero-order valence-electron chi connectivity index (χ0n) is 10.7. The second-order valence-corrected chi connectivity index (χ2v) is 5.56. The summed E-state index contributed by atoms with van der Waals surface area (Å²) in [5.74, 6) is 0. The highest BCUT2D eigenvalue weighted by Crippen LogP contribution is 2.16. The lowest BCUT2D eigenvalue weighted by Crippen LogP contribution is -2.16. The molecule has 0 aliphatic heterocycles. The van der Waals surface area contributed by atoms with Crippen LogP contribution in [0.15, 0.2) is 54.2 Å². The predicted molar refractivity (Wildman–Crippen MR) is 81.5 cm³/mol. The van der Waals surface area contributed by atoms with E-state index in [1.807, 2.05) is 23.7 Å². The molecule has 19 heavy (non-hydrogen) atoms. The molecule has 0 bridgehead atoms. The zero-order chi connectivity index (χ0) is 12.9. The van der Waals surface area contributed by atoms with E-state index in [4.69, 9.17) is 0 Å². The molecule has 1 aromatic carbocycles. The lowest BCUT2D eigenvalue weighted by molar-refractivity contribution is 0.692. The number of nitrogens with one attached hydrogen (secondary N) is 1. The Bertz CT molecular complexity index is 641. The highest BCUT2D eigenvalue weighted by atomic mass is 32.1. The van der Waals surface area contributed by atoms with Crippen molar-refractivity contribution >= 4 is 22.1 Å². The first-order valence-corrected chi connectivity index (χ1v) is 7.36. The first-order valence-electron chi connectivity index (χ1n) is 6.48. The molecule has 0 saturated heterocycles. The number of fused-ring (bicyclic) bond motifs is 1. The molecule has 0 aliphatic carbocycles. The molecule has 2 nitrogen and oxygen atoms in total. The van der Waals surface area contributed by atoms with Gasteiger partial charge in [0.15, 0.2) is 0 Å². The normalized spacial score (nSPS) is 10.9. The van der Waals surface area contributed by atoms with Crippen molar-refractivity contribution in [3.05, 3.63) is 64.6 Å². The van der Waals surface area contributed by atoms with Crippen molar-refractivity contribution in [2.24, 2.45) is 0 Å². The Morgan fingerprint density at radius 1 is 1.05 bits per heavy atom. The van der Waals surface area contributed by atoms with Gasteiger partial charge < -0.3 is 5.32 Å². The largest absolute Gasteiger partial charge is 0.312 e. The summed E-state index contributed by atoms with van der Waals surface area (Å²) in [4.78, 5) is 5.74. The molecule has 0 aliphatic rings. The maximum Gasteiger partial charge on any atom is 0.0346 e. The van der Waals surface area contributed by atoms with E-state index >= 15 is 0 Å². The molecule has 0 spiro atoms. The second-order valence-electron chi connectivity index (χ2n) is 4.53. The van der Waals surface area contributed by atoms with Crippen molar-refractivity contribution in [3.63, 3.8) is 0 Å². The first-order chi connectivity index (χ1) is 9.43. The zero-order valence-corrected chi connectivity index (χ0v) is 11.5. The van der Waals surface area contributed by atoms with Crippen LogP contribution in [0.1, 0.15) is 10.4 Å². The highest BCUT2D eigenvalue weighted by molar-refractivity contribution is 7.09. The highest BCUT2D eigenvalue weighted by Gasteiger charge is 2.00. The number of hydrogen-bond donors (Lipinski definition) is 1. The molecule has 0 atom stereocenters. The molecule has 0 fully saturated rings. The summed E-state index contributed by atoms with van der Waals surface area (Å²) in [7, 11) is 0. The van der Waals surface area contributed by atoms with E-state index in [1.165, 1.54) is 21.2 Å². The van der Waals surface area contributed by atoms with Gasteiger partial charge in [-0.2, -0.15) is 0 Å². The van der Waals surface area contributed by atoms with Gasteiger partial charge in [-0.25, -0.2) is 0 Å². The van der Waals surface area contributed by atoms with Gasteiger partial charge >= 0.3 is 0 Å². The van der Waals surface area contributed by atoms with E-state index in [0.29, 0.717) is 0 Å². The van der Waals surface area contributed by atoms with E-state index < -0.39 is 0 Å². The Morgan fingerprint density at radius 2 is 2.00 bits per heavy atom.